The van der Waals surface area contributed by atoms with Gasteiger partial charge in [-0.1, -0.05) is 13.8 Å². The Bertz CT molecular complexity index is 289. The molecule has 2 atom stereocenters. The van der Waals surface area contributed by atoms with Crippen LogP contribution in [-0.4, -0.2) is 30.8 Å². The second kappa shape index (κ2) is 7.23. The molecule has 0 radical (unpaired) electrons. The average Bonchev–Trinajstić information content (AvgIpc) is 2.26. The lowest BCUT2D eigenvalue weighted by Gasteiger charge is -2.16. The molecule has 0 bridgehead atoms. The van der Waals surface area contributed by atoms with Crippen LogP contribution in [0.5, 0.6) is 0 Å². The van der Waals surface area contributed by atoms with E-state index in [1.165, 1.54) is 0 Å². The molecule has 0 aromatic heterocycles. The van der Waals surface area contributed by atoms with Crippen LogP contribution in [0.25, 0.3) is 0 Å². The predicted octanol–water partition coefficient (Wildman–Crippen LogP) is 2.46. The predicted molar refractivity (Wildman–Crippen MR) is 56.6 cm³/mol. The van der Waals surface area contributed by atoms with Gasteiger partial charge in [0.1, 0.15) is 6.61 Å². The zero-order chi connectivity index (χ0) is 14.3. The van der Waals surface area contributed by atoms with Crippen molar-refractivity contribution in [2.75, 3.05) is 6.61 Å². The summed E-state index contributed by atoms with van der Waals surface area (Å²) in [6.45, 7) is 3.92. The van der Waals surface area contributed by atoms with Crippen LogP contribution in [0.1, 0.15) is 33.6 Å². The van der Waals surface area contributed by atoms with E-state index in [0.717, 1.165) is 6.92 Å². The molecular weight excluding hydrogens is 253 g/mol. The first-order chi connectivity index (χ1) is 8.18. The Kier molecular flexibility index (Phi) is 6.72. The van der Waals surface area contributed by atoms with Crippen molar-refractivity contribution in [3.63, 3.8) is 0 Å². The van der Waals surface area contributed by atoms with Gasteiger partial charge in [0.2, 0.25) is 0 Å². The van der Waals surface area contributed by atoms with E-state index in [2.05, 4.69) is 4.74 Å². The summed E-state index contributed by atoms with van der Waals surface area (Å²) in [6.07, 6.45) is -6.53. The fourth-order valence-electron chi connectivity index (χ4n) is 0.867. The number of hydrogen-bond acceptors (Lipinski definition) is 4. The van der Waals surface area contributed by atoms with Crippen LogP contribution in [0.2, 0.25) is 0 Å². The number of ether oxygens (including phenoxy) is 2. The quantitative estimate of drug-likeness (QED) is 0.696. The summed E-state index contributed by atoms with van der Waals surface area (Å²) in [5, 5.41) is 0. The van der Waals surface area contributed by atoms with Crippen LogP contribution in [0.4, 0.5) is 13.2 Å². The highest BCUT2D eigenvalue weighted by Crippen LogP contribution is 2.22. The third-order valence-corrected chi connectivity index (χ3v) is 2.33. The smallest absolute Gasteiger partial charge is 0.425 e. The van der Waals surface area contributed by atoms with Crippen molar-refractivity contribution in [1.82, 2.24) is 0 Å². The molecular formula is C11H17F3O4. The average molecular weight is 270 g/mol. The van der Waals surface area contributed by atoms with Crippen molar-refractivity contribution in [3.05, 3.63) is 0 Å². The Morgan fingerprint density at radius 3 is 2.22 bits per heavy atom. The van der Waals surface area contributed by atoms with Gasteiger partial charge >= 0.3 is 18.1 Å². The minimum absolute atomic E-state index is 0.271. The van der Waals surface area contributed by atoms with E-state index in [1.54, 1.807) is 13.8 Å². The molecule has 0 aliphatic carbocycles. The van der Waals surface area contributed by atoms with Crippen LogP contribution in [-0.2, 0) is 19.1 Å². The van der Waals surface area contributed by atoms with Gasteiger partial charge < -0.3 is 9.47 Å². The molecule has 106 valence electrons. The number of halogens is 3. The Morgan fingerprint density at radius 1 is 1.22 bits per heavy atom. The Labute approximate surface area is 103 Å². The third kappa shape index (κ3) is 6.46. The van der Waals surface area contributed by atoms with Gasteiger partial charge in [-0.15, -0.1) is 0 Å². The zero-order valence-corrected chi connectivity index (χ0v) is 10.5. The molecule has 0 spiro atoms. The molecule has 0 heterocycles. The molecule has 0 saturated heterocycles. The second-order valence-corrected chi connectivity index (χ2v) is 3.90. The molecule has 0 aliphatic heterocycles. The van der Waals surface area contributed by atoms with Crippen molar-refractivity contribution in [2.24, 2.45) is 5.92 Å². The number of alkyl halides is 3. The molecule has 0 amide bonds. The van der Waals surface area contributed by atoms with E-state index in [9.17, 15) is 22.8 Å². The van der Waals surface area contributed by atoms with E-state index < -0.39 is 24.2 Å². The van der Waals surface area contributed by atoms with Crippen molar-refractivity contribution in [3.8, 4) is 0 Å². The molecule has 0 saturated carbocycles. The summed E-state index contributed by atoms with van der Waals surface area (Å²) in [6, 6.07) is 0. The first-order valence-electron chi connectivity index (χ1n) is 5.61. The molecule has 4 nitrogen and oxygen atoms in total. The SMILES string of the molecule is CCC(C)C(=O)OCCC(=O)OC(C)C(F)(F)F. The van der Waals surface area contributed by atoms with Crippen LogP contribution in [0.15, 0.2) is 0 Å². The molecule has 0 N–H and O–H groups in total. The highest BCUT2D eigenvalue weighted by Gasteiger charge is 2.39. The second-order valence-electron chi connectivity index (χ2n) is 3.90. The monoisotopic (exact) mass is 270 g/mol. The van der Waals surface area contributed by atoms with E-state index in [0.29, 0.717) is 6.42 Å². The summed E-state index contributed by atoms with van der Waals surface area (Å²) in [7, 11) is 0. The summed E-state index contributed by atoms with van der Waals surface area (Å²) < 4.78 is 45.0. The van der Waals surface area contributed by atoms with Crippen molar-refractivity contribution in [1.29, 1.82) is 0 Å². The van der Waals surface area contributed by atoms with Gasteiger partial charge in [0.15, 0.2) is 6.10 Å². The minimum atomic E-state index is -4.58. The number of hydrogen-bond donors (Lipinski definition) is 0. The van der Waals surface area contributed by atoms with Crippen LogP contribution < -0.4 is 0 Å². The van der Waals surface area contributed by atoms with E-state index in [-0.39, 0.29) is 18.9 Å². The fraction of sp³-hybridized carbons (Fsp3) is 0.818. The van der Waals surface area contributed by atoms with Gasteiger partial charge in [-0.25, -0.2) is 0 Å². The normalized spacial score (nSPS) is 14.8. The first-order valence-corrected chi connectivity index (χ1v) is 5.61. The minimum Gasteiger partial charge on any atom is -0.465 e. The number of carbonyl (C=O) groups is 2. The summed E-state index contributed by atoms with van der Waals surface area (Å²) in [5.41, 5.74) is 0. The molecule has 0 fully saturated rings. The van der Waals surface area contributed by atoms with Gasteiger partial charge in [0, 0.05) is 0 Å². The Balaban J connectivity index is 3.89. The largest absolute Gasteiger partial charge is 0.465 e. The fourth-order valence-corrected chi connectivity index (χ4v) is 0.867. The highest BCUT2D eigenvalue weighted by molar-refractivity contribution is 5.73. The first kappa shape index (κ1) is 16.7. The summed E-state index contributed by atoms with van der Waals surface area (Å²) >= 11 is 0. The van der Waals surface area contributed by atoms with Crippen molar-refractivity contribution < 1.29 is 32.2 Å². The number of carbonyl (C=O) groups excluding carboxylic acids is 2. The van der Waals surface area contributed by atoms with Gasteiger partial charge in [-0.3, -0.25) is 9.59 Å². The molecule has 0 aliphatic rings. The molecule has 18 heavy (non-hydrogen) atoms. The lowest BCUT2D eigenvalue weighted by Crippen LogP contribution is -2.31. The lowest BCUT2D eigenvalue weighted by molar-refractivity contribution is -0.216. The standard InChI is InChI=1S/C11H17F3O4/c1-4-7(2)10(16)17-6-5-9(15)18-8(3)11(12,13)14/h7-8H,4-6H2,1-3H3. The van der Waals surface area contributed by atoms with Crippen LogP contribution in [0.3, 0.4) is 0 Å². The van der Waals surface area contributed by atoms with Crippen LogP contribution >= 0.6 is 0 Å². The maximum atomic E-state index is 12.0. The Hall–Kier alpha value is -1.27. The van der Waals surface area contributed by atoms with Gasteiger partial charge in [-0.05, 0) is 13.3 Å². The van der Waals surface area contributed by atoms with Gasteiger partial charge in [-0.2, -0.15) is 13.2 Å². The molecule has 7 heteroatoms. The van der Waals surface area contributed by atoms with E-state index in [1.807, 2.05) is 0 Å². The summed E-state index contributed by atoms with van der Waals surface area (Å²) in [4.78, 5) is 22.2. The number of esters is 2. The zero-order valence-electron chi connectivity index (χ0n) is 10.5. The lowest BCUT2D eigenvalue weighted by atomic mass is 10.1. The Morgan fingerprint density at radius 2 is 1.78 bits per heavy atom. The maximum absolute atomic E-state index is 12.0. The van der Waals surface area contributed by atoms with Crippen molar-refractivity contribution >= 4 is 11.9 Å². The molecule has 0 rings (SSSR count). The summed E-state index contributed by atoms with van der Waals surface area (Å²) in [5.74, 6) is -1.82. The molecule has 2 unspecified atom stereocenters. The van der Waals surface area contributed by atoms with E-state index >= 15 is 0 Å². The highest BCUT2D eigenvalue weighted by atomic mass is 19.4. The van der Waals surface area contributed by atoms with Crippen LogP contribution in [0, 0.1) is 5.92 Å². The van der Waals surface area contributed by atoms with Gasteiger partial charge in [0.05, 0.1) is 12.3 Å². The van der Waals surface area contributed by atoms with E-state index in [4.69, 9.17) is 4.74 Å². The molecule has 0 aromatic rings. The molecule has 0 aromatic carbocycles. The number of rotatable bonds is 6. The third-order valence-electron chi connectivity index (χ3n) is 2.33. The maximum Gasteiger partial charge on any atom is 0.425 e. The van der Waals surface area contributed by atoms with Gasteiger partial charge in [0.25, 0.3) is 0 Å². The topological polar surface area (TPSA) is 52.6 Å². The van der Waals surface area contributed by atoms with Crippen molar-refractivity contribution in [2.45, 2.75) is 45.9 Å².